The van der Waals surface area contributed by atoms with E-state index in [1.165, 1.54) is 12.0 Å². The Morgan fingerprint density at radius 1 is 1.00 bits per heavy atom. The van der Waals surface area contributed by atoms with E-state index >= 15 is 0 Å². The fourth-order valence-electron chi connectivity index (χ4n) is 4.18. The summed E-state index contributed by atoms with van der Waals surface area (Å²) >= 11 is 3.50. The molecule has 1 heterocycles. The maximum atomic E-state index is 12.8. The highest BCUT2D eigenvalue weighted by atomic mass is 79.9. The Morgan fingerprint density at radius 3 is 2.32 bits per heavy atom. The molecule has 3 aromatic rings. The number of ketones is 1. The number of aryl methyl sites for hydroxylation is 1. The summed E-state index contributed by atoms with van der Waals surface area (Å²) in [6.07, 6.45) is 6.42. The lowest BCUT2D eigenvalue weighted by Gasteiger charge is -2.42. The predicted octanol–water partition coefficient (Wildman–Crippen LogP) is 6.44. The van der Waals surface area contributed by atoms with E-state index in [1.807, 2.05) is 19.2 Å². The SMILES string of the molecule is Cc1cc(-c2ccc(CC(=O)CC3(c4ccc(Br)cc4)CCC3)cc2)ccn1. The second-order valence-corrected chi connectivity index (χ2v) is 8.83. The summed E-state index contributed by atoms with van der Waals surface area (Å²) in [4.78, 5) is 17.1. The maximum absolute atomic E-state index is 12.8. The Hall–Kier alpha value is -2.26. The van der Waals surface area contributed by atoms with Gasteiger partial charge < -0.3 is 0 Å². The van der Waals surface area contributed by atoms with Gasteiger partial charge in [-0.05, 0) is 66.3 Å². The molecule has 3 heteroatoms. The Bertz CT molecular complexity index is 972. The fourth-order valence-corrected chi connectivity index (χ4v) is 4.45. The average Bonchev–Trinajstić information content (AvgIpc) is 2.66. The van der Waals surface area contributed by atoms with Crippen LogP contribution in [0.15, 0.2) is 71.3 Å². The monoisotopic (exact) mass is 433 g/mol. The number of aromatic nitrogens is 1. The normalized spacial score (nSPS) is 15.1. The molecule has 2 aromatic carbocycles. The number of Topliss-reactive ketones (excluding diaryl/α,β-unsaturated/α-hetero) is 1. The van der Waals surface area contributed by atoms with Crippen LogP contribution in [0.5, 0.6) is 0 Å². The molecule has 1 aromatic heterocycles. The van der Waals surface area contributed by atoms with Crippen molar-refractivity contribution in [2.75, 3.05) is 0 Å². The molecule has 0 unspecified atom stereocenters. The number of carbonyl (C=O) groups is 1. The summed E-state index contributed by atoms with van der Waals surface area (Å²) in [5.74, 6) is 0.329. The number of hydrogen-bond donors (Lipinski definition) is 0. The molecule has 0 bridgehead atoms. The molecular weight excluding hydrogens is 410 g/mol. The van der Waals surface area contributed by atoms with Gasteiger partial charge in [-0.15, -0.1) is 0 Å². The summed E-state index contributed by atoms with van der Waals surface area (Å²) < 4.78 is 1.08. The van der Waals surface area contributed by atoms with Crippen molar-refractivity contribution in [2.45, 2.75) is 44.4 Å². The van der Waals surface area contributed by atoms with Gasteiger partial charge in [0.1, 0.15) is 5.78 Å². The Labute approximate surface area is 175 Å². The van der Waals surface area contributed by atoms with Crippen molar-refractivity contribution < 1.29 is 4.79 Å². The van der Waals surface area contributed by atoms with Crippen molar-refractivity contribution in [3.63, 3.8) is 0 Å². The highest BCUT2D eigenvalue weighted by Gasteiger charge is 2.40. The fraction of sp³-hybridized carbons (Fsp3) is 0.280. The van der Waals surface area contributed by atoms with E-state index in [1.54, 1.807) is 0 Å². The highest BCUT2D eigenvalue weighted by molar-refractivity contribution is 9.10. The Balaban J connectivity index is 1.44. The molecule has 2 nitrogen and oxygen atoms in total. The topological polar surface area (TPSA) is 30.0 Å². The van der Waals surface area contributed by atoms with Gasteiger partial charge >= 0.3 is 0 Å². The highest BCUT2D eigenvalue weighted by Crippen LogP contribution is 2.47. The van der Waals surface area contributed by atoms with E-state index in [4.69, 9.17) is 0 Å². The van der Waals surface area contributed by atoms with E-state index in [-0.39, 0.29) is 5.41 Å². The van der Waals surface area contributed by atoms with Crippen LogP contribution >= 0.6 is 15.9 Å². The summed E-state index contributed by atoms with van der Waals surface area (Å²) in [6, 6.07) is 21.0. The molecule has 0 amide bonds. The van der Waals surface area contributed by atoms with E-state index in [2.05, 4.69) is 75.5 Å². The molecule has 4 rings (SSSR count). The van der Waals surface area contributed by atoms with Crippen LogP contribution in [0.2, 0.25) is 0 Å². The van der Waals surface area contributed by atoms with Gasteiger partial charge in [0.15, 0.2) is 0 Å². The minimum absolute atomic E-state index is 0.0479. The van der Waals surface area contributed by atoms with Gasteiger partial charge in [-0.3, -0.25) is 9.78 Å². The Morgan fingerprint density at radius 2 is 1.71 bits per heavy atom. The zero-order chi connectivity index (χ0) is 19.6. The smallest absolute Gasteiger partial charge is 0.138 e. The molecule has 0 radical (unpaired) electrons. The lowest BCUT2D eigenvalue weighted by molar-refractivity contribution is -0.120. The first-order chi connectivity index (χ1) is 13.5. The van der Waals surface area contributed by atoms with Crippen LogP contribution in [0.4, 0.5) is 0 Å². The Kier molecular flexibility index (Phi) is 5.45. The van der Waals surface area contributed by atoms with Crippen LogP contribution in [0.3, 0.4) is 0 Å². The molecule has 28 heavy (non-hydrogen) atoms. The van der Waals surface area contributed by atoms with Gasteiger partial charge in [-0.2, -0.15) is 0 Å². The van der Waals surface area contributed by atoms with E-state index in [0.29, 0.717) is 18.6 Å². The first-order valence-corrected chi connectivity index (χ1v) is 10.6. The van der Waals surface area contributed by atoms with E-state index in [0.717, 1.165) is 39.7 Å². The van der Waals surface area contributed by atoms with E-state index in [9.17, 15) is 4.79 Å². The van der Waals surface area contributed by atoms with Gasteiger partial charge in [0.05, 0.1) is 0 Å². The van der Waals surface area contributed by atoms with Crippen LogP contribution < -0.4 is 0 Å². The molecule has 1 fully saturated rings. The van der Waals surface area contributed by atoms with Gasteiger partial charge in [0.25, 0.3) is 0 Å². The number of rotatable bonds is 6. The number of hydrogen-bond acceptors (Lipinski definition) is 2. The number of pyridine rings is 1. The second-order valence-electron chi connectivity index (χ2n) is 7.92. The van der Waals surface area contributed by atoms with Gasteiger partial charge in [0, 0.05) is 34.6 Å². The third kappa shape index (κ3) is 4.10. The summed E-state index contributed by atoms with van der Waals surface area (Å²) in [5.41, 5.74) is 5.77. The first kappa shape index (κ1) is 19.1. The van der Waals surface area contributed by atoms with Crippen LogP contribution in [0.1, 0.15) is 42.5 Å². The molecule has 0 atom stereocenters. The third-order valence-corrected chi connectivity index (χ3v) is 6.42. The van der Waals surface area contributed by atoms with Crippen molar-refractivity contribution in [1.82, 2.24) is 4.98 Å². The second kappa shape index (κ2) is 8.00. The van der Waals surface area contributed by atoms with Crippen LogP contribution in [-0.2, 0) is 16.6 Å². The lowest BCUT2D eigenvalue weighted by Crippen LogP contribution is -2.36. The third-order valence-electron chi connectivity index (χ3n) is 5.89. The van der Waals surface area contributed by atoms with E-state index < -0.39 is 0 Å². The number of benzene rings is 2. The number of carbonyl (C=O) groups excluding carboxylic acids is 1. The lowest BCUT2D eigenvalue weighted by atomic mass is 9.61. The molecule has 142 valence electrons. The van der Waals surface area contributed by atoms with Crippen LogP contribution in [0.25, 0.3) is 11.1 Å². The van der Waals surface area contributed by atoms with Crippen LogP contribution in [-0.4, -0.2) is 10.8 Å². The van der Waals surface area contributed by atoms with Gasteiger partial charge in [-0.25, -0.2) is 0 Å². The molecule has 0 aliphatic heterocycles. The standard InChI is InChI=1S/C25H24BrNO/c1-18-15-21(11-14-27-18)20-5-3-19(4-6-20)16-24(28)17-25(12-2-13-25)22-7-9-23(26)10-8-22/h3-11,14-15H,2,12-13,16-17H2,1H3. The predicted molar refractivity (Wildman–Crippen MR) is 117 cm³/mol. The quantitative estimate of drug-likeness (QED) is 0.447. The van der Waals surface area contributed by atoms with Crippen LogP contribution in [0, 0.1) is 6.92 Å². The molecule has 0 N–H and O–H groups in total. The van der Waals surface area contributed by atoms with Crippen molar-refractivity contribution >= 4 is 21.7 Å². The molecule has 1 aliphatic carbocycles. The van der Waals surface area contributed by atoms with Crippen molar-refractivity contribution in [1.29, 1.82) is 0 Å². The maximum Gasteiger partial charge on any atom is 0.138 e. The summed E-state index contributed by atoms with van der Waals surface area (Å²) in [6.45, 7) is 2.00. The van der Waals surface area contributed by atoms with Crippen molar-refractivity contribution in [3.8, 4) is 11.1 Å². The first-order valence-electron chi connectivity index (χ1n) is 9.84. The number of halogens is 1. The molecular formula is C25H24BrNO. The largest absolute Gasteiger partial charge is 0.299 e. The zero-order valence-corrected chi connectivity index (χ0v) is 17.7. The number of nitrogens with zero attached hydrogens (tertiary/aromatic N) is 1. The zero-order valence-electron chi connectivity index (χ0n) is 16.1. The summed E-state index contributed by atoms with van der Waals surface area (Å²) in [5, 5.41) is 0. The molecule has 1 saturated carbocycles. The molecule has 1 aliphatic rings. The molecule has 0 spiro atoms. The average molecular weight is 434 g/mol. The van der Waals surface area contributed by atoms with Crippen molar-refractivity contribution in [2.24, 2.45) is 0 Å². The van der Waals surface area contributed by atoms with Gasteiger partial charge in [-0.1, -0.05) is 58.7 Å². The minimum Gasteiger partial charge on any atom is -0.299 e. The van der Waals surface area contributed by atoms with Crippen molar-refractivity contribution in [3.05, 3.63) is 88.2 Å². The van der Waals surface area contributed by atoms with Gasteiger partial charge in [0.2, 0.25) is 0 Å². The summed E-state index contributed by atoms with van der Waals surface area (Å²) in [7, 11) is 0. The minimum atomic E-state index is 0.0479. The molecule has 0 saturated heterocycles.